The lowest BCUT2D eigenvalue weighted by atomic mass is 9.72. The molecule has 1 spiro atoms. The number of rotatable bonds is 2. The Bertz CT molecular complexity index is 225. The van der Waals surface area contributed by atoms with Crippen molar-refractivity contribution in [1.82, 2.24) is 9.80 Å². The van der Waals surface area contributed by atoms with E-state index in [2.05, 4.69) is 22.8 Å². The highest BCUT2D eigenvalue weighted by Crippen LogP contribution is 2.39. The standard InChI is InChI=1S/C12H20N2/c1-3-4-7-14-8-5-12(6-9-14)10-13(2)11-12/h1H,4-11H2,2H3. The molecule has 2 nitrogen and oxygen atoms in total. The second-order valence-corrected chi connectivity index (χ2v) is 4.97. The summed E-state index contributed by atoms with van der Waals surface area (Å²) in [5, 5.41) is 0. The predicted molar refractivity (Wildman–Crippen MR) is 59.1 cm³/mol. The molecule has 14 heavy (non-hydrogen) atoms. The van der Waals surface area contributed by atoms with Gasteiger partial charge in [-0.2, -0.15) is 0 Å². The minimum Gasteiger partial charge on any atom is -0.305 e. The van der Waals surface area contributed by atoms with Crippen molar-refractivity contribution in [3.63, 3.8) is 0 Å². The Morgan fingerprint density at radius 1 is 1.29 bits per heavy atom. The Morgan fingerprint density at radius 3 is 2.43 bits per heavy atom. The van der Waals surface area contributed by atoms with E-state index in [0.29, 0.717) is 5.41 Å². The number of hydrogen-bond donors (Lipinski definition) is 0. The molecule has 0 aromatic rings. The molecule has 2 aliphatic rings. The number of terminal acetylenes is 1. The smallest absolute Gasteiger partial charge is 0.0214 e. The van der Waals surface area contributed by atoms with Crippen molar-refractivity contribution >= 4 is 0 Å². The summed E-state index contributed by atoms with van der Waals surface area (Å²) >= 11 is 0. The van der Waals surface area contributed by atoms with Gasteiger partial charge in [0.05, 0.1) is 0 Å². The second kappa shape index (κ2) is 3.92. The Balaban J connectivity index is 1.73. The summed E-state index contributed by atoms with van der Waals surface area (Å²) < 4.78 is 0. The van der Waals surface area contributed by atoms with Gasteiger partial charge in [0.1, 0.15) is 0 Å². The van der Waals surface area contributed by atoms with Gasteiger partial charge >= 0.3 is 0 Å². The summed E-state index contributed by atoms with van der Waals surface area (Å²) in [6.45, 7) is 6.25. The van der Waals surface area contributed by atoms with Crippen molar-refractivity contribution in [3.8, 4) is 12.3 Å². The monoisotopic (exact) mass is 192 g/mol. The van der Waals surface area contributed by atoms with Crippen molar-refractivity contribution in [2.45, 2.75) is 19.3 Å². The summed E-state index contributed by atoms with van der Waals surface area (Å²) in [7, 11) is 2.22. The maximum atomic E-state index is 5.27. The van der Waals surface area contributed by atoms with Crippen LogP contribution in [0.3, 0.4) is 0 Å². The molecule has 78 valence electrons. The molecule has 0 unspecified atom stereocenters. The van der Waals surface area contributed by atoms with Crippen LogP contribution >= 0.6 is 0 Å². The van der Waals surface area contributed by atoms with Gasteiger partial charge in [-0.3, -0.25) is 0 Å². The number of piperidine rings is 1. The molecule has 2 rings (SSSR count). The van der Waals surface area contributed by atoms with Crippen LogP contribution in [0.4, 0.5) is 0 Å². The topological polar surface area (TPSA) is 6.48 Å². The van der Waals surface area contributed by atoms with Gasteiger partial charge in [-0.15, -0.1) is 12.3 Å². The fraction of sp³-hybridized carbons (Fsp3) is 0.833. The molecular formula is C12H20N2. The van der Waals surface area contributed by atoms with E-state index in [-0.39, 0.29) is 0 Å². The van der Waals surface area contributed by atoms with Crippen LogP contribution in [-0.2, 0) is 0 Å². The zero-order chi connectivity index (χ0) is 10.0. The molecule has 0 aromatic heterocycles. The summed E-state index contributed by atoms with van der Waals surface area (Å²) in [4.78, 5) is 4.94. The molecule has 0 bridgehead atoms. The van der Waals surface area contributed by atoms with E-state index in [9.17, 15) is 0 Å². The highest BCUT2D eigenvalue weighted by molar-refractivity contribution is 4.97. The molecule has 2 heteroatoms. The molecule has 0 radical (unpaired) electrons. The van der Waals surface area contributed by atoms with E-state index in [1.807, 2.05) is 0 Å². The summed E-state index contributed by atoms with van der Waals surface area (Å²) in [5.74, 6) is 2.72. The maximum absolute atomic E-state index is 5.27. The van der Waals surface area contributed by atoms with Crippen LogP contribution in [0.25, 0.3) is 0 Å². The largest absolute Gasteiger partial charge is 0.305 e. The minimum atomic E-state index is 0.682. The average molecular weight is 192 g/mol. The van der Waals surface area contributed by atoms with Crippen molar-refractivity contribution in [3.05, 3.63) is 0 Å². The molecule has 2 heterocycles. The van der Waals surface area contributed by atoms with Crippen LogP contribution in [0, 0.1) is 17.8 Å². The second-order valence-electron chi connectivity index (χ2n) is 4.97. The van der Waals surface area contributed by atoms with E-state index in [0.717, 1.165) is 13.0 Å². The van der Waals surface area contributed by atoms with E-state index in [4.69, 9.17) is 6.42 Å². The number of nitrogens with zero attached hydrogens (tertiary/aromatic N) is 2. The zero-order valence-electron chi connectivity index (χ0n) is 9.13. The first-order chi connectivity index (χ1) is 6.74. The lowest BCUT2D eigenvalue weighted by Gasteiger charge is -2.53. The van der Waals surface area contributed by atoms with Crippen LogP contribution in [-0.4, -0.2) is 49.6 Å². The molecule has 0 N–H and O–H groups in total. The molecule has 0 amide bonds. The van der Waals surface area contributed by atoms with Gasteiger partial charge in [-0.05, 0) is 38.4 Å². The maximum Gasteiger partial charge on any atom is 0.0214 e. The van der Waals surface area contributed by atoms with Gasteiger partial charge in [-0.25, -0.2) is 0 Å². The molecule has 0 aliphatic carbocycles. The highest BCUT2D eigenvalue weighted by Gasteiger charge is 2.42. The van der Waals surface area contributed by atoms with Crippen LogP contribution in [0.1, 0.15) is 19.3 Å². The molecule has 0 atom stereocenters. The van der Waals surface area contributed by atoms with Crippen molar-refractivity contribution < 1.29 is 0 Å². The van der Waals surface area contributed by atoms with E-state index in [1.54, 1.807) is 0 Å². The Hall–Kier alpha value is -0.520. The third kappa shape index (κ3) is 1.94. The molecular weight excluding hydrogens is 172 g/mol. The van der Waals surface area contributed by atoms with Gasteiger partial charge in [0.15, 0.2) is 0 Å². The Kier molecular flexibility index (Phi) is 2.80. The Morgan fingerprint density at radius 2 is 1.93 bits per heavy atom. The summed E-state index contributed by atoms with van der Waals surface area (Å²) in [6, 6.07) is 0. The minimum absolute atomic E-state index is 0.682. The summed E-state index contributed by atoms with van der Waals surface area (Å²) in [5.41, 5.74) is 0.682. The lowest BCUT2D eigenvalue weighted by Crippen LogP contribution is -2.58. The molecule has 2 fully saturated rings. The first-order valence-electron chi connectivity index (χ1n) is 5.58. The van der Waals surface area contributed by atoms with Gasteiger partial charge in [0, 0.05) is 26.1 Å². The van der Waals surface area contributed by atoms with Crippen LogP contribution < -0.4 is 0 Å². The van der Waals surface area contributed by atoms with Crippen molar-refractivity contribution in [2.24, 2.45) is 5.41 Å². The third-order valence-corrected chi connectivity index (χ3v) is 3.70. The molecule has 2 aliphatic heterocycles. The van der Waals surface area contributed by atoms with E-state index < -0.39 is 0 Å². The van der Waals surface area contributed by atoms with Gasteiger partial charge in [0.25, 0.3) is 0 Å². The van der Waals surface area contributed by atoms with Gasteiger partial charge in [-0.1, -0.05) is 0 Å². The van der Waals surface area contributed by atoms with Gasteiger partial charge < -0.3 is 9.80 Å². The quantitative estimate of drug-likeness (QED) is 0.603. The van der Waals surface area contributed by atoms with Crippen LogP contribution in [0.2, 0.25) is 0 Å². The fourth-order valence-corrected chi connectivity index (χ4v) is 2.89. The average Bonchev–Trinajstić information content (AvgIpc) is 2.15. The zero-order valence-corrected chi connectivity index (χ0v) is 9.13. The van der Waals surface area contributed by atoms with Crippen molar-refractivity contribution in [2.75, 3.05) is 39.8 Å². The molecule has 0 aromatic carbocycles. The Labute approximate surface area is 87.3 Å². The van der Waals surface area contributed by atoms with E-state index in [1.165, 1.54) is 39.0 Å². The normalized spacial score (nSPS) is 27.1. The van der Waals surface area contributed by atoms with E-state index >= 15 is 0 Å². The lowest BCUT2D eigenvalue weighted by molar-refractivity contribution is -0.0308. The fourth-order valence-electron chi connectivity index (χ4n) is 2.89. The van der Waals surface area contributed by atoms with Crippen molar-refractivity contribution in [1.29, 1.82) is 0 Å². The highest BCUT2D eigenvalue weighted by atomic mass is 15.2. The molecule has 0 saturated carbocycles. The summed E-state index contributed by atoms with van der Waals surface area (Å²) in [6.07, 6.45) is 8.93. The first-order valence-corrected chi connectivity index (χ1v) is 5.58. The predicted octanol–water partition coefficient (Wildman–Crippen LogP) is 1.04. The SMILES string of the molecule is C#CCCN1CCC2(CC1)CN(C)C2. The third-order valence-electron chi connectivity index (χ3n) is 3.70. The first kappa shape index (κ1) is 10.0. The molecule has 2 saturated heterocycles. The number of likely N-dealkylation sites (tertiary alicyclic amines) is 2. The van der Waals surface area contributed by atoms with Gasteiger partial charge in [0.2, 0.25) is 0 Å². The number of hydrogen-bond acceptors (Lipinski definition) is 2. The van der Waals surface area contributed by atoms with Crippen LogP contribution in [0.5, 0.6) is 0 Å². The van der Waals surface area contributed by atoms with Crippen LogP contribution in [0.15, 0.2) is 0 Å².